The molecule has 7 heteroatoms. The number of carbonyl (C=O) groups is 2. The predicted molar refractivity (Wildman–Crippen MR) is 89.4 cm³/mol. The first kappa shape index (κ1) is 18.2. The molecule has 0 spiro atoms. The summed E-state index contributed by atoms with van der Waals surface area (Å²) >= 11 is 1.09. The van der Waals surface area contributed by atoms with Gasteiger partial charge in [-0.2, -0.15) is 0 Å². The van der Waals surface area contributed by atoms with Crippen molar-refractivity contribution in [1.29, 1.82) is 0 Å². The van der Waals surface area contributed by atoms with Crippen LogP contribution in [0.25, 0.3) is 10.1 Å². The van der Waals surface area contributed by atoms with E-state index in [-0.39, 0.29) is 29.8 Å². The Morgan fingerprint density at radius 1 is 1.25 bits per heavy atom. The second-order valence-electron chi connectivity index (χ2n) is 6.27. The summed E-state index contributed by atoms with van der Waals surface area (Å²) in [6.45, 7) is 5.25. The van der Waals surface area contributed by atoms with Gasteiger partial charge in [0.25, 0.3) is 0 Å². The number of methoxy groups -OCH3 is 1. The standard InChI is InChI=1S/C17H19FO5S/c1-17(2,3)23-14(20)6-5-10(19)13-7-9-12(24-13)8-11(22-4)16(21)15(9)18/h7-8,21H,5-6H2,1-4H3. The number of benzene rings is 1. The van der Waals surface area contributed by atoms with Crippen LogP contribution in [-0.4, -0.2) is 29.6 Å². The van der Waals surface area contributed by atoms with Crippen LogP contribution in [0.2, 0.25) is 0 Å². The monoisotopic (exact) mass is 354 g/mol. The fraction of sp³-hybridized carbons (Fsp3) is 0.412. The second-order valence-corrected chi connectivity index (χ2v) is 7.36. The Labute approximate surface area is 143 Å². The molecular formula is C17H19FO5S. The minimum atomic E-state index is -0.827. The number of phenolic OH excluding ortho intramolecular Hbond substituents is 1. The van der Waals surface area contributed by atoms with Crippen LogP contribution < -0.4 is 4.74 Å². The highest BCUT2D eigenvalue weighted by Crippen LogP contribution is 2.39. The van der Waals surface area contributed by atoms with E-state index in [2.05, 4.69) is 0 Å². The van der Waals surface area contributed by atoms with Gasteiger partial charge in [-0.05, 0) is 26.8 Å². The van der Waals surface area contributed by atoms with E-state index in [0.29, 0.717) is 9.58 Å². The number of fused-ring (bicyclic) bond motifs is 1. The van der Waals surface area contributed by atoms with Gasteiger partial charge in [0.05, 0.1) is 18.4 Å². The number of hydrogen-bond acceptors (Lipinski definition) is 6. The number of ketones is 1. The fourth-order valence-corrected chi connectivity index (χ4v) is 3.19. The van der Waals surface area contributed by atoms with Crippen molar-refractivity contribution in [2.24, 2.45) is 0 Å². The van der Waals surface area contributed by atoms with Crippen molar-refractivity contribution in [3.05, 3.63) is 22.8 Å². The largest absolute Gasteiger partial charge is 0.502 e. The van der Waals surface area contributed by atoms with Gasteiger partial charge < -0.3 is 14.6 Å². The molecule has 0 radical (unpaired) electrons. The molecule has 0 unspecified atom stereocenters. The lowest BCUT2D eigenvalue weighted by Crippen LogP contribution is -2.24. The average Bonchev–Trinajstić information content (AvgIpc) is 2.91. The third-order valence-electron chi connectivity index (χ3n) is 3.17. The summed E-state index contributed by atoms with van der Waals surface area (Å²) in [6, 6.07) is 2.86. The molecule has 1 aromatic heterocycles. The van der Waals surface area contributed by atoms with Crippen molar-refractivity contribution in [2.75, 3.05) is 7.11 Å². The first-order valence-corrected chi connectivity index (χ1v) is 8.18. The van der Waals surface area contributed by atoms with E-state index in [0.717, 1.165) is 11.3 Å². The Kier molecular flexibility index (Phi) is 5.13. The number of phenols is 1. The van der Waals surface area contributed by atoms with Gasteiger partial charge in [0.2, 0.25) is 0 Å². The fourth-order valence-electron chi connectivity index (χ4n) is 2.13. The molecule has 0 amide bonds. The molecule has 0 bridgehead atoms. The van der Waals surface area contributed by atoms with Gasteiger partial charge in [-0.25, -0.2) is 4.39 Å². The third-order valence-corrected chi connectivity index (χ3v) is 4.29. The van der Waals surface area contributed by atoms with Crippen LogP contribution in [0, 0.1) is 5.82 Å². The Hall–Kier alpha value is -2.15. The van der Waals surface area contributed by atoms with Crippen LogP contribution in [0.1, 0.15) is 43.3 Å². The molecular weight excluding hydrogens is 335 g/mol. The van der Waals surface area contributed by atoms with E-state index >= 15 is 0 Å². The van der Waals surface area contributed by atoms with Gasteiger partial charge in [0.1, 0.15) is 5.60 Å². The van der Waals surface area contributed by atoms with Crippen LogP contribution in [0.4, 0.5) is 4.39 Å². The number of aromatic hydroxyl groups is 1. The van der Waals surface area contributed by atoms with E-state index < -0.39 is 23.1 Å². The van der Waals surface area contributed by atoms with E-state index in [1.807, 2.05) is 0 Å². The number of halogens is 1. The summed E-state index contributed by atoms with van der Waals surface area (Å²) in [7, 11) is 1.32. The quantitative estimate of drug-likeness (QED) is 0.647. The molecule has 0 aliphatic rings. The van der Waals surface area contributed by atoms with Gasteiger partial charge in [0.15, 0.2) is 23.1 Å². The highest BCUT2D eigenvalue weighted by Gasteiger charge is 2.20. The van der Waals surface area contributed by atoms with Gasteiger partial charge in [-0.1, -0.05) is 0 Å². The average molecular weight is 354 g/mol. The van der Waals surface area contributed by atoms with Gasteiger partial charge in [-0.15, -0.1) is 11.3 Å². The Morgan fingerprint density at radius 2 is 1.92 bits per heavy atom. The zero-order valence-electron chi connectivity index (χ0n) is 13.9. The molecule has 0 aliphatic heterocycles. The van der Waals surface area contributed by atoms with Crippen LogP contribution in [0.3, 0.4) is 0 Å². The van der Waals surface area contributed by atoms with Crippen LogP contribution in [-0.2, 0) is 9.53 Å². The Bertz CT molecular complexity index is 788. The maximum Gasteiger partial charge on any atom is 0.306 e. The second kappa shape index (κ2) is 6.76. The predicted octanol–water partition coefficient (Wildman–Crippen LogP) is 4.06. The SMILES string of the molecule is COc1cc2sc(C(=O)CCC(=O)OC(C)(C)C)cc2c(F)c1O. The zero-order chi connectivity index (χ0) is 18.1. The maximum absolute atomic E-state index is 14.1. The van der Waals surface area contributed by atoms with Crippen molar-refractivity contribution in [3.8, 4) is 11.5 Å². The summed E-state index contributed by atoms with van der Waals surface area (Å²) in [5.41, 5.74) is -0.602. The smallest absolute Gasteiger partial charge is 0.306 e. The topological polar surface area (TPSA) is 72.8 Å². The molecule has 130 valence electrons. The normalized spacial score (nSPS) is 11.5. The maximum atomic E-state index is 14.1. The lowest BCUT2D eigenvalue weighted by atomic mass is 10.1. The molecule has 2 rings (SSSR count). The highest BCUT2D eigenvalue weighted by molar-refractivity contribution is 7.20. The number of ether oxygens (including phenoxy) is 2. The molecule has 0 aliphatic carbocycles. The minimum Gasteiger partial charge on any atom is -0.502 e. The number of esters is 1. The van der Waals surface area contributed by atoms with Crippen molar-refractivity contribution in [1.82, 2.24) is 0 Å². The molecule has 0 atom stereocenters. The van der Waals surface area contributed by atoms with Gasteiger partial charge in [-0.3, -0.25) is 9.59 Å². The van der Waals surface area contributed by atoms with E-state index in [4.69, 9.17) is 9.47 Å². The van der Waals surface area contributed by atoms with E-state index in [1.165, 1.54) is 19.2 Å². The number of hydrogen-bond donors (Lipinski definition) is 1. The molecule has 1 aromatic carbocycles. The molecule has 5 nitrogen and oxygen atoms in total. The molecule has 24 heavy (non-hydrogen) atoms. The van der Waals surface area contributed by atoms with Crippen molar-refractivity contribution < 1.29 is 28.6 Å². The third kappa shape index (κ3) is 4.03. The number of carbonyl (C=O) groups excluding carboxylic acids is 2. The summed E-state index contributed by atoms with van der Waals surface area (Å²) in [5, 5.41) is 9.84. The summed E-state index contributed by atoms with van der Waals surface area (Å²) in [4.78, 5) is 24.2. The number of rotatable bonds is 5. The van der Waals surface area contributed by atoms with E-state index in [9.17, 15) is 19.1 Å². The molecule has 0 fully saturated rings. The Morgan fingerprint density at radius 3 is 2.50 bits per heavy atom. The lowest BCUT2D eigenvalue weighted by molar-refractivity contribution is -0.154. The first-order valence-electron chi connectivity index (χ1n) is 7.36. The van der Waals surface area contributed by atoms with Gasteiger partial charge >= 0.3 is 5.97 Å². The summed E-state index contributed by atoms with van der Waals surface area (Å²) in [5.74, 6) is -2.14. The number of thiophene rings is 1. The lowest BCUT2D eigenvalue weighted by Gasteiger charge is -2.19. The van der Waals surface area contributed by atoms with Crippen molar-refractivity contribution in [2.45, 2.75) is 39.2 Å². The molecule has 2 aromatic rings. The molecule has 0 saturated carbocycles. The van der Waals surface area contributed by atoms with Gasteiger partial charge in [0, 0.05) is 22.6 Å². The highest BCUT2D eigenvalue weighted by atomic mass is 32.1. The van der Waals surface area contributed by atoms with Crippen LogP contribution >= 0.6 is 11.3 Å². The number of Topliss-reactive ketones (excluding diaryl/α,β-unsaturated/α-hetero) is 1. The molecule has 0 saturated heterocycles. The van der Waals surface area contributed by atoms with Crippen molar-refractivity contribution >= 4 is 33.2 Å². The van der Waals surface area contributed by atoms with Crippen LogP contribution in [0.5, 0.6) is 11.5 Å². The minimum absolute atomic E-state index is 0.00889. The van der Waals surface area contributed by atoms with E-state index in [1.54, 1.807) is 20.8 Å². The summed E-state index contributed by atoms with van der Waals surface area (Å²) in [6.07, 6.45) is -0.0616. The Balaban J connectivity index is 2.16. The summed E-state index contributed by atoms with van der Waals surface area (Å²) < 4.78 is 24.7. The van der Waals surface area contributed by atoms with Crippen LogP contribution in [0.15, 0.2) is 12.1 Å². The first-order chi connectivity index (χ1) is 11.1. The zero-order valence-corrected chi connectivity index (χ0v) is 14.8. The molecule has 1 heterocycles. The molecule has 1 N–H and O–H groups in total. The van der Waals surface area contributed by atoms with Crippen molar-refractivity contribution in [3.63, 3.8) is 0 Å².